The van der Waals surface area contributed by atoms with Crippen molar-refractivity contribution in [3.63, 3.8) is 0 Å². The van der Waals surface area contributed by atoms with E-state index < -0.39 is 0 Å². The van der Waals surface area contributed by atoms with Crippen molar-refractivity contribution in [3.8, 4) is 0 Å². The van der Waals surface area contributed by atoms with Crippen molar-refractivity contribution in [2.45, 2.75) is 63.8 Å². The van der Waals surface area contributed by atoms with Crippen LogP contribution in [0.25, 0.3) is 0 Å². The van der Waals surface area contributed by atoms with Crippen LogP contribution < -0.4 is 16.0 Å². The van der Waals surface area contributed by atoms with Crippen molar-refractivity contribution in [3.05, 3.63) is 30.1 Å². The summed E-state index contributed by atoms with van der Waals surface area (Å²) in [7, 11) is 0. The van der Waals surface area contributed by atoms with E-state index >= 15 is 0 Å². The number of carbonyl (C=O) groups is 2. The lowest BCUT2D eigenvalue weighted by Gasteiger charge is -2.37. The van der Waals surface area contributed by atoms with Gasteiger partial charge in [0, 0.05) is 50.4 Å². The van der Waals surface area contributed by atoms with Crippen LogP contribution >= 0.6 is 0 Å². The molecule has 2 amide bonds. The molecule has 0 unspecified atom stereocenters. The van der Waals surface area contributed by atoms with E-state index in [0.29, 0.717) is 19.5 Å². The lowest BCUT2D eigenvalue weighted by Crippen LogP contribution is -2.58. The van der Waals surface area contributed by atoms with Gasteiger partial charge in [0.15, 0.2) is 0 Å². The fourth-order valence-corrected chi connectivity index (χ4v) is 3.84. The molecular weight excluding hydrogens is 330 g/mol. The largest absolute Gasteiger partial charge is 0.354 e. The first-order valence-corrected chi connectivity index (χ1v) is 9.49. The lowest BCUT2D eigenvalue weighted by molar-refractivity contribution is -0.129. The molecular formula is C19H29N5O2. The van der Waals surface area contributed by atoms with Gasteiger partial charge in [0.1, 0.15) is 0 Å². The number of amides is 2. The van der Waals surface area contributed by atoms with Gasteiger partial charge in [0.25, 0.3) is 0 Å². The molecule has 1 aromatic heterocycles. The third kappa shape index (κ3) is 4.80. The SMILES string of the molecule is CC(C)NC(=O)CC[C@@H]1CNC(=O)[C@@H]2C[C@H](NCc3ccccn3)CN12. The van der Waals surface area contributed by atoms with Crippen molar-refractivity contribution in [2.75, 3.05) is 13.1 Å². The Hall–Kier alpha value is -1.99. The van der Waals surface area contributed by atoms with Crippen LogP contribution in [0.3, 0.4) is 0 Å². The number of piperazine rings is 1. The molecule has 2 saturated heterocycles. The fraction of sp³-hybridized carbons (Fsp3) is 0.632. The first-order chi connectivity index (χ1) is 12.5. The van der Waals surface area contributed by atoms with Crippen LogP contribution in [0.1, 0.15) is 38.8 Å². The van der Waals surface area contributed by atoms with Crippen molar-refractivity contribution in [1.82, 2.24) is 25.8 Å². The molecule has 2 fully saturated rings. The molecule has 1 aromatic rings. The minimum absolute atomic E-state index is 0.0810. The highest BCUT2D eigenvalue weighted by Crippen LogP contribution is 2.26. The standard InChI is InChI=1S/C19H29N5O2/c1-13(2)23-18(25)7-6-16-11-22-19(26)17-9-15(12-24(16)17)21-10-14-5-3-4-8-20-14/h3-5,8,13,15-17,21H,6-7,9-12H2,1-2H3,(H,22,26)(H,23,25)/t15-,16+,17-/m0/s1. The minimum atomic E-state index is -0.0943. The molecule has 0 aliphatic carbocycles. The van der Waals surface area contributed by atoms with E-state index in [2.05, 4.69) is 25.8 Å². The average Bonchev–Trinajstić information content (AvgIpc) is 3.05. The zero-order valence-electron chi connectivity index (χ0n) is 15.6. The number of nitrogens with one attached hydrogen (secondary N) is 3. The molecule has 3 atom stereocenters. The quantitative estimate of drug-likeness (QED) is 0.657. The zero-order chi connectivity index (χ0) is 18.5. The van der Waals surface area contributed by atoms with Crippen LogP contribution in [0.4, 0.5) is 0 Å². The Kier molecular flexibility index (Phi) is 6.21. The van der Waals surface area contributed by atoms with Gasteiger partial charge in [-0.3, -0.25) is 19.5 Å². The summed E-state index contributed by atoms with van der Waals surface area (Å²) in [6.07, 6.45) is 3.85. The summed E-state index contributed by atoms with van der Waals surface area (Å²) < 4.78 is 0. The van der Waals surface area contributed by atoms with E-state index in [1.54, 1.807) is 6.20 Å². The molecule has 7 nitrogen and oxygen atoms in total. The second-order valence-electron chi connectivity index (χ2n) is 7.51. The summed E-state index contributed by atoms with van der Waals surface area (Å²) in [6, 6.07) is 6.43. The van der Waals surface area contributed by atoms with Crippen LogP contribution in [-0.2, 0) is 16.1 Å². The first-order valence-electron chi connectivity index (χ1n) is 9.49. The molecule has 2 aliphatic heterocycles. The normalized spacial score (nSPS) is 25.8. The average molecular weight is 359 g/mol. The van der Waals surface area contributed by atoms with E-state index in [0.717, 1.165) is 25.1 Å². The first kappa shape index (κ1) is 18.8. The Morgan fingerprint density at radius 3 is 3.00 bits per heavy atom. The highest BCUT2D eigenvalue weighted by molar-refractivity contribution is 5.83. The maximum absolute atomic E-state index is 12.3. The third-order valence-electron chi connectivity index (χ3n) is 5.08. The zero-order valence-corrected chi connectivity index (χ0v) is 15.6. The number of aromatic nitrogens is 1. The molecule has 2 aliphatic rings. The smallest absolute Gasteiger partial charge is 0.237 e. The Labute approximate surface area is 154 Å². The number of pyridine rings is 1. The topological polar surface area (TPSA) is 86.4 Å². The molecule has 7 heteroatoms. The molecule has 142 valence electrons. The minimum Gasteiger partial charge on any atom is -0.354 e. The molecule has 0 bridgehead atoms. The monoisotopic (exact) mass is 359 g/mol. The van der Waals surface area contributed by atoms with Gasteiger partial charge in [-0.1, -0.05) is 6.07 Å². The van der Waals surface area contributed by atoms with Gasteiger partial charge in [-0.25, -0.2) is 0 Å². The summed E-state index contributed by atoms with van der Waals surface area (Å²) in [6.45, 7) is 6.09. The number of nitrogens with zero attached hydrogens (tertiary/aromatic N) is 2. The Bertz CT molecular complexity index is 622. The van der Waals surface area contributed by atoms with Gasteiger partial charge in [0.05, 0.1) is 11.7 Å². The second kappa shape index (κ2) is 8.60. The predicted octanol–water partition coefficient (Wildman–Crippen LogP) is 0.417. The summed E-state index contributed by atoms with van der Waals surface area (Å²) in [5.41, 5.74) is 1.00. The van der Waals surface area contributed by atoms with Crippen LogP contribution in [0, 0.1) is 0 Å². The number of hydrogen-bond acceptors (Lipinski definition) is 5. The number of carbonyl (C=O) groups excluding carboxylic acids is 2. The second-order valence-corrected chi connectivity index (χ2v) is 7.51. The van der Waals surface area contributed by atoms with Gasteiger partial charge in [-0.15, -0.1) is 0 Å². The number of rotatable bonds is 7. The Morgan fingerprint density at radius 1 is 1.42 bits per heavy atom. The van der Waals surface area contributed by atoms with Gasteiger partial charge in [-0.2, -0.15) is 0 Å². The van der Waals surface area contributed by atoms with Crippen LogP contribution in [0.2, 0.25) is 0 Å². The van der Waals surface area contributed by atoms with E-state index in [4.69, 9.17) is 0 Å². The number of hydrogen-bond donors (Lipinski definition) is 3. The van der Waals surface area contributed by atoms with Crippen LogP contribution in [-0.4, -0.2) is 59.0 Å². The van der Waals surface area contributed by atoms with E-state index in [-0.39, 0.29) is 36.0 Å². The van der Waals surface area contributed by atoms with Gasteiger partial charge < -0.3 is 16.0 Å². The molecule has 0 radical (unpaired) electrons. The highest BCUT2D eigenvalue weighted by Gasteiger charge is 2.43. The van der Waals surface area contributed by atoms with Gasteiger partial charge in [-0.05, 0) is 38.8 Å². The highest BCUT2D eigenvalue weighted by atomic mass is 16.2. The summed E-state index contributed by atoms with van der Waals surface area (Å²) >= 11 is 0. The molecule has 3 heterocycles. The van der Waals surface area contributed by atoms with Crippen molar-refractivity contribution in [2.24, 2.45) is 0 Å². The Balaban J connectivity index is 1.53. The van der Waals surface area contributed by atoms with Gasteiger partial charge >= 0.3 is 0 Å². The third-order valence-corrected chi connectivity index (χ3v) is 5.08. The molecule has 3 N–H and O–H groups in total. The number of fused-ring (bicyclic) bond motifs is 1. The molecule has 0 saturated carbocycles. The summed E-state index contributed by atoms with van der Waals surface area (Å²) in [4.78, 5) is 30.8. The molecule has 3 rings (SSSR count). The van der Waals surface area contributed by atoms with Gasteiger partial charge in [0.2, 0.25) is 11.8 Å². The van der Waals surface area contributed by atoms with E-state index in [9.17, 15) is 9.59 Å². The van der Waals surface area contributed by atoms with E-state index in [1.165, 1.54) is 0 Å². The maximum atomic E-state index is 12.3. The summed E-state index contributed by atoms with van der Waals surface area (Å²) in [5, 5.41) is 9.47. The fourth-order valence-electron chi connectivity index (χ4n) is 3.84. The maximum Gasteiger partial charge on any atom is 0.237 e. The molecule has 0 aromatic carbocycles. The predicted molar refractivity (Wildman–Crippen MR) is 99.3 cm³/mol. The van der Waals surface area contributed by atoms with Crippen molar-refractivity contribution >= 4 is 11.8 Å². The van der Waals surface area contributed by atoms with E-state index in [1.807, 2.05) is 32.0 Å². The summed E-state index contributed by atoms with van der Waals surface area (Å²) in [5.74, 6) is 0.187. The molecule has 26 heavy (non-hydrogen) atoms. The van der Waals surface area contributed by atoms with Crippen molar-refractivity contribution in [1.29, 1.82) is 0 Å². The van der Waals surface area contributed by atoms with Crippen molar-refractivity contribution < 1.29 is 9.59 Å². The van der Waals surface area contributed by atoms with Crippen LogP contribution in [0.5, 0.6) is 0 Å². The van der Waals surface area contributed by atoms with Crippen LogP contribution in [0.15, 0.2) is 24.4 Å². The lowest BCUT2D eigenvalue weighted by atomic mass is 10.0. The Morgan fingerprint density at radius 2 is 2.27 bits per heavy atom. The molecule has 0 spiro atoms.